The first-order valence-electron chi connectivity index (χ1n) is 13.1. The zero-order chi connectivity index (χ0) is 27.0. The molecule has 0 saturated carbocycles. The van der Waals surface area contributed by atoms with Crippen molar-refractivity contribution in [3.63, 3.8) is 0 Å². The van der Waals surface area contributed by atoms with Crippen molar-refractivity contribution in [2.75, 3.05) is 4.90 Å². The molecule has 0 aromatic heterocycles. The minimum absolute atomic E-state index is 0.127. The number of para-hydroxylation sites is 2. The van der Waals surface area contributed by atoms with Crippen LogP contribution in [-0.2, 0) is 20.8 Å². The number of fused-ring (bicyclic) bond motifs is 4. The molecule has 1 aliphatic carbocycles. The number of anilines is 2. The van der Waals surface area contributed by atoms with Crippen molar-refractivity contribution in [1.29, 1.82) is 0 Å². The van der Waals surface area contributed by atoms with Crippen molar-refractivity contribution in [1.82, 2.24) is 0 Å². The van der Waals surface area contributed by atoms with E-state index in [2.05, 4.69) is 0 Å². The largest absolute Gasteiger partial charge is 0.313 e. The summed E-state index contributed by atoms with van der Waals surface area (Å²) in [5.74, 6) is 0. The average Bonchev–Trinajstić information content (AvgIpc) is 2.97. The van der Waals surface area contributed by atoms with Gasteiger partial charge in [0.05, 0.1) is 15.8 Å². The zero-order valence-electron chi connectivity index (χ0n) is 21.7. The molecule has 0 spiro atoms. The van der Waals surface area contributed by atoms with Crippen molar-refractivity contribution >= 4 is 39.0 Å². The molecular weight excluding hydrogens is 497 g/mol. The van der Waals surface area contributed by atoms with Crippen LogP contribution in [0.2, 0.25) is 0 Å². The van der Waals surface area contributed by atoms with Crippen LogP contribution in [0, 0.1) is 0 Å². The average molecular weight is 524 g/mol. The summed E-state index contributed by atoms with van der Waals surface area (Å²) in [6, 6.07) is 30.5. The summed E-state index contributed by atoms with van der Waals surface area (Å²) in [6.07, 6.45) is 3.56. The van der Waals surface area contributed by atoms with Crippen LogP contribution in [0.5, 0.6) is 0 Å². The van der Waals surface area contributed by atoms with E-state index in [0.29, 0.717) is 38.8 Å². The molecule has 2 heterocycles. The van der Waals surface area contributed by atoms with Crippen LogP contribution >= 0.6 is 7.14 Å². The fourth-order valence-corrected chi connectivity index (χ4v) is 12.3. The molecule has 2 aliphatic heterocycles. The lowest BCUT2D eigenvalue weighted by atomic mass is 9.94. The van der Waals surface area contributed by atoms with Gasteiger partial charge in [-0.3, -0.25) is 0 Å². The summed E-state index contributed by atoms with van der Waals surface area (Å²) in [5.41, 5.74) is 2.23. The first kappa shape index (κ1) is 20.4. The highest BCUT2D eigenvalue weighted by molar-refractivity contribution is 7.96. The predicted molar refractivity (Wildman–Crippen MR) is 150 cm³/mol. The first-order valence-corrected chi connectivity index (χ1v) is 15.5. The lowest BCUT2D eigenvalue weighted by molar-refractivity contribution is 0.567. The van der Waals surface area contributed by atoms with Crippen LogP contribution in [0.25, 0.3) is 0 Å². The van der Waals surface area contributed by atoms with Crippen LogP contribution in [0.1, 0.15) is 13.9 Å². The van der Waals surface area contributed by atoms with Crippen LogP contribution < -0.4 is 15.5 Å². The van der Waals surface area contributed by atoms with E-state index in [1.165, 1.54) is 0 Å². The van der Waals surface area contributed by atoms with Crippen molar-refractivity contribution in [3.05, 3.63) is 138 Å². The lowest BCUT2D eigenvalue weighted by Gasteiger charge is -2.41. The van der Waals surface area contributed by atoms with E-state index in [1.54, 1.807) is 48.6 Å². The number of rotatable bonds is 2. The highest BCUT2D eigenvalue weighted by Gasteiger charge is 2.53. The van der Waals surface area contributed by atoms with Gasteiger partial charge in [0.1, 0.15) is 0 Å². The Balaban J connectivity index is 1.50. The second-order valence-corrected chi connectivity index (χ2v) is 14.4. The van der Waals surface area contributed by atoms with E-state index in [-0.39, 0.29) is 4.90 Å². The molecule has 0 bridgehead atoms. The van der Waals surface area contributed by atoms with Crippen molar-refractivity contribution < 1.29 is 15.7 Å². The Labute approximate surface area is 219 Å². The third-order valence-electron chi connectivity index (χ3n) is 7.40. The number of allylic oxidation sites excluding steroid dienone is 2. The summed E-state index contributed by atoms with van der Waals surface area (Å²) in [4.78, 5) is 2.09. The second-order valence-electron chi connectivity index (χ2n) is 9.41. The van der Waals surface area contributed by atoms with Gasteiger partial charge in [-0.2, -0.15) is 0 Å². The normalized spacial score (nSPS) is 26.9. The zero-order valence-corrected chi connectivity index (χ0v) is 21.4. The minimum atomic E-state index is -3.80. The minimum Gasteiger partial charge on any atom is -0.313 e. The maximum atomic E-state index is 15.3. The van der Waals surface area contributed by atoms with Gasteiger partial charge >= 0.3 is 0 Å². The number of sulfone groups is 1. The van der Waals surface area contributed by atoms with E-state index in [0.717, 1.165) is 0 Å². The van der Waals surface area contributed by atoms with Crippen molar-refractivity contribution in [2.24, 2.45) is 0 Å². The predicted octanol–water partition coefficient (Wildman–Crippen LogP) is 5.72. The molecule has 4 aromatic carbocycles. The van der Waals surface area contributed by atoms with Crippen LogP contribution in [-0.4, -0.2) is 19.3 Å². The van der Waals surface area contributed by atoms with Gasteiger partial charge in [-0.1, -0.05) is 84.9 Å². The number of benzene rings is 4. The molecule has 3 atom stereocenters. The summed E-state index contributed by atoms with van der Waals surface area (Å²) >= 11 is 0. The molecule has 182 valence electrons. The monoisotopic (exact) mass is 523 g/mol. The summed E-state index contributed by atoms with van der Waals surface area (Å²) in [5, 5.41) is -0.00735. The van der Waals surface area contributed by atoms with Gasteiger partial charge in [0.2, 0.25) is 0 Å². The van der Waals surface area contributed by atoms with E-state index in [4.69, 9.17) is 2.74 Å². The highest BCUT2D eigenvalue weighted by Crippen LogP contribution is 2.58. The van der Waals surface area contributed by atoms with Gasteiger partial charge in [0.15, 0.2) is 17.0 Å². The third kappa shape index (κ3) is 3.21. The fourth-order valence-electron chi connectivity index (χ4n) is 5.72. The third-order valence-corrected chi connectivity index (χ3v) is 13.4. The van der Waals surface area contributed by atoms with E-state index in [9.17, 15) is 8.42 Å². The van der Waals surface area contributed by atoms with E-state index < -0.39 is 34.3 Å². The molecular formula is C31H24NO3PS. The molecule has 6 heteroatoms. The van der Waals surface area contributed by atoms with Gasteiger partial charge < -0.3 is 9.46 Å². The van der Waals surface area contributed by atoms with Crippen LogP contribution in [0.15, 0.2) is 132 Å². The Hall–Kier alpha value is -3.66. The number of hydrogen-bond acceptors (Lipinski definition) is 4. The maximum absolute atomic E-state index is 15.3. The molecule has 0 amide bonds. The first-order chi connectivity index (χ1) is 18.8. The van der Waals surface area contributed by atoms with E-state index in [1.807, 2.05) is 77.7 Å². The molecule has 7 rings (SSSR count). The molecule has 0 radical (unpaired) electrons. The van der Waals surface area contributed by atoms with Crippen LogP contribution in [0.4, 0.5) is 11.4 Å². The number of nitrogens with zero attached hydrogens (tertiary/aromatic N) is 1. The number of hydrogen-bond donors (Lipinski definition) is 0. The SMILES string of the molecule is [2H]C1([2H])c2ccccc2N(C2=CC3C(C=C2)S(=O)(=O)c2ccccc2P3(=O)c2ccccc2)c2ccccc21. The van der Waals surface area contributed by atoms with Gasteiger partial charge in [-0.25, -0.2) is 8.42 Å². The van der Waals surface area contributed by atoms with Crippen molar-refractivity contribution in [3.8, 4) is 0 Å². The Morgan fingerprint density at radius 1 is 0.784 bits per heavy atom. The van der Waals surface area contributed by atoms with Crippen molar-refractivity contribution in [2.45, 2.75) is 22.2 Å². The van der Waals surface area contributed by atoms with Gasteiger partial charge in [-0.05, 0) is 47.5 Å². The molecule has 0 N–H and O–H groups in total. The molecule has 3 aliphatic rings. The molecule has 3 unspecified atom stereocenters. The molecule has 0 saturated heterocycles. The van der Waals surface area contributed by atoms with Gasteiger partial charge in [-0.15, -0.1) is 0 Å². The summed E-state index contributed by atoms with van der Waals surface area (Å²) in [7, 11) is -7.26. The summed E-state index contributed by atoms with van der Waals surface area (Å²) in [6.45, 7) is 0. The lowest BCUT2D eigenvalue weighted by Crippen LogP contribution is -2.46. The smallest absolute Gasteiger partial charge is 0.186 e. The van der Waals surface area contributed by atoms with Crippen LogP contribution in [0.3, 0.4) is 0 Å². The molecule has 0 fully saturated rings. The van der Waals surface area contributed by atoms with E-state index >= 15 is 4.57 Å². The quantitative estimate of drug-likeness (QED) is 0.316. The molecule has 37 heavy (non-hydrogen) atoms. The fraction of sp³-hybridized carbons (Fsp3) is 0.0968. The Kier molecular flexibility index (Phi) is 4.51. The summed E-state index contributed by atoms with van der Waals surface area (Å²) < 4.78 is 60.9. The molecule has 4 nitrogen and oxygen atoms in total. The topological polar surface area (TPSA) is 54.5 Å². The molecule has 4 aromatic rings. The second kappa shape index (κ2) is 8.17. The van der Waals surface area contributed by atoms with Gasteiger partial charge in [0.25, 0.3) is 0 Å². The Morgan fingerprint density at radius 2 is 1.38 bits per heavy atom. The van der Waals surface area contributed by atoms with Gasteiger partial charge in [0, 0.05) is 36.8 Å². The maximum Gasteiger partial charge on any atom is 0.186 e. The highest BCUT2D eigenvalue weighted by atomic mass is 32.2. The standard InChI is InChI=1S/C31H24NO3PS/c33-36(25-12-2-1-3-13-25)28-16-8-9-17-30(28)37(34,35)31-19-18-24(21-29(31)36)32-26-14-6-4-10-22(26)20-23-11-5-7-15-27(23)32/h1-19,21,29,31H,20H2/i20D2. The Morgan fingerprint density at radius 3 is 2.08 bits per heavy atom. The Bertz CT molecular complexity index is 1820.